The largest absolute Gasteiger partial charge is 0.489 e. The number of fused-ring (bicyclic) bond motifs is 1. The zero-order valence-electron chi connectivity index (χ0n) is 15.5. The topological polar surface area (TPSA) is 9.23 Å². The smallest absolute Gasteiger partial charge is 0.127 e. The second-order valence-corrected chi connectivity index (χ2v) is 6.80. The van der Waals surface area contributed by atoms with Gasteiger partial charge in [0.1, 0.15) is 11.9 Å². The molecule has 134 valence electrons. The van der Waals surface area contributed by atoms with E-state index in [2.05, 4.69) is 67.8 Å². The fourth-order valence-corrected chi connectivity index (χ4v) is 3.70. The second kappa shape index (κ2) is 9.24. The van der Waals surface area contributed by atoms with Gasteiger partial charge in [0.05, 0.1) is 0 Å². The molecule has 0 N–H and O–H groups in total. The molecule has 0 aliphatic carbocycles. The van der Waals surface area contributed by atoms with Crippen LogP contribution < -0.4 is 0 Å². The number of aryl methyl sites for hydroxylation is 1. The van der Waals surface area contributed by atoms with E-state index >= 15 is 0 Å². The molecule has 1 aliphatic rings. The molecule has 0 aromatic heterocycles. The summed E-state index contributed by atoms with van der Waals surface area (Å²) >= 11 is 0. The van der Waals surface area contributed by atoms with Gasteiger partial charge in [-0.15, -0.1) is 13.2 Å². The SMILES string of the molecule is C=CC/C(=C1\CCCCc2ccccc2C(CC=C)O1)c1ccccc1. The third-order valence-corrected chi connectivity index (χ3v) is 4.97. The van der Waals surface area contributed by atoms with Gasteiger partial charge in [0.15, 0.2) is 0 Å². The summed E-state index contributed by atoms with van der Waals surface area (Å²) in [7, 11) is 0. The van der Waals surface area contributed by atoms with Crippen LogP contribution >= 0.6 is 0 Å². The van der Waals surface area contributed by atoms with E-state index in [-0.39, 0.29) is 6.10 Å². The zero-order chi connectivity index (χ0) is 18.2. The van der Waals surface area contributed by atoms with Crippen molar-refractivity contribution in [3.05, 3.63) is 102 Å². The summed E-state index contributed by atoms with van der Waals surface area (Å²) in [5.41, 5.74) is 5.20. The van der Waals surface area contributed by atoms with Crippen molar-refractivity contribution in [1.82, 2.24) is 0 Å². The summed E-state index contributed by atoms with van der Waals surface area (Å²) in [4.78, 5) is 0. The van der Waals surface area contributed by atoms with E-state index in [9.17, 15) is 0 Å². The molecule has 0 spiro atoms. The number of benzene rings is 2. The normalized spacial score (nSPS) is 19.2. The molecule has 3 rings (SSSR count). The van der Waals surface area contributed by atoms with E-state index in [1.165, 1.54) is 28.7 Å². The van der Waals surface area contributed by atoms with E-state index < -0.39 is 0 Å². The number of hydrogen-bond acceptors (Lipinski definition) is 1. The van der Waals surface area contributed by atoms with E-state index in [0.717, 1.165) is 37.9 Å². The minimum Gasteiger partial charge on any atom is -0.489 e. The van der Waals surface area contributed by atoms with Crippen molar-refractivity contribution in [3.8, 4) is 0 Å². The fourth-order valence-electron chi connectivity index (χ4n) is 3.70. The van der Waals surface area contributed by atoms with Crippen molar-refractivity contribution < 1.29 is 4.74 Å². The number of ether oxygens (including phenoxy) is 1. The van der Waals surface area contributed by atoms with Gasteiger partial charge < -0.3 is 4.74 Å². The average molecular weight is 344 g/mol. The van der Waals surface area contributed by atoms with Gasteiger partial charge in [-0.2, -0.15) is 0 Å². The highest BCUT2D eigenvalue weighted by atomic mass is 16.5. The summed E-state index contributed by atoms with van der Waals surface area (Å²) in [6.07, 6.45) is 10.0. The lowest BCUT2D eigenvalue weighted by atomic mass is 9.96. The van der Waals surface area contributed by atoms with Gasteiger partial charge in [0.25, 0.3) is 0 Å². The standard InChI is InChI=1S/C25H28O/c1-3-12-22(20-14-6-5-7-15-20)25-19-11-9-17-21-16-8-10-18-23(21)24(26-25)13-4-2/h3-8,10,14-16,18,24H,1-2,9,11-13,17,19H2/b25-22-. The van der Waals surface area contributed by atoms with Gasteiger partial charge in [-0.05, 0) is 42.4 Å². The second-order valence-electron chi connectivity index (χ2n) is 6.80. The number of rotatable bonds is 5. The van der Waals surface area contributed by atoms with Crippen molar-refractivity contribution in [2.24, 2.45) is 0 Å². The minimum atomic E-state index is 0.0281. The highest BCUT2D eigenvalue weighted by Crippen LogP contribution is 2.36. The molecular weight excluding hydrogens is 316 g/mol. The maximum atomic E-state index is 6.67. The van der Waals surface area contributed by atoms with Crippen LogP contribution in [-0.4, -0.2) is 0 Å². The third-order valence-electron chi connectivity index (χ3n) is 4.97. The molecule has 1 heterocycles. The Kier molecular flexibility index (Phi) is 6.49. The lowest BCUT2D eigenvalue weighted by Gasteiger charge is -2.24. The van der Waals surface area contributed by atoms with E-state index in [4.69, 9.17) is 4.74 Å². The fraction of sp³-hybridized carbons (Fsp3) is 0.280. The van der Waals surface area contributed by atoms with Gasteiger partial charge in [-0.1, -0.05) is 66.7 Å². The lowest BCUT2D eigenvalue weighted by molar-refractivity contribution is 0.113. The Bertz CT molecular complexity index is 770. The molecule has 1 aliphatic heterocycles. The predicted molar refractivity (Wildman–Crippen MR) is 111 cm³/mol. The Morgan fingerprint density at radius 1 is 0.923 bits per heavy atom. The van der Waals surface area contributed by atoms with Crippen LogP contribution in [0, 0.1) is 0 Å². The van der Waals surface area contributed by atoms with Crippen LogP contribution in [0.5, 0.6) is 0 Å². The van der Waals surface area contributed by atoms with Crippen molar-refractivity contribution in [3.63, 3.8) is 0 Å². The molecule has 0 radical (unpaired) electrons. The van der Waals surface area contributed by atoms with Gasteiger partial charge in [0, 0.05) is 18.4 Å². The summed E-state index contributed by atoms with van der Waals surface area (Å²) in [6, 6.07) is 19.3. The van der Waals surface area contributed by atoms with Crippen LogP contribution in [0.1, 0.15) is 54.9 Å². The summed E-state index contributed by atoms with van der Waals surface area (Å²) in [5, 5.41) is 0. The summed E-state index contributed by atoms with van der Waals surface area (Å²) in [6.45, 7) is 7.92. The molecule has 2 aromatic rings. The van der Waals surface area contributed by atoms with Crippen LogP contribution in [0.2, 0.25) is 0 Å². The number of allylic oxidation sites excluding steroid dienone is 3. The van der Waals surface area contributed by atoms with Gasteiger partial charge in [0.2, 0.25) is 0 Å². The highest BCUT2D eigenvalue weighted by Gasteiger charge is 2.21. The molecule has 1 unspecified atom stereocenters. The zero-order valence-corrected chi connectivity index (χ0v) is 15.5. The first-order chi connectivity index (χ1) is 12.8. The maximum Gasteiger partial charge on any atom is 0.127 e. The van der Waals surface area contributed by atoms with Crippen molar-refractivity contribution in [2.45, 2.75) is 44.6 Å². The molecule has 1 atom stereocenters. The molecule has 0 amide bonds. The van der Waals surface area contributed by atoms with Crippen molar-refractivity contribution >= 4 is 5.57 Å². The summed E-state index contributed by atoms with van der Waals surface area (Å²) in [5.74, 6) is 1.11. The van der Waals surface area contributed by atoms with Gasteiger partial charge in [-0.3, -0.25) is 0 Å². The Labute approximate surface area is 157 Å². The van der Waals surface area contributed by atoms with Crippen LogP contribution in [0.25, 0.3) is 5.57 Å². The Morgan fingerprint density at radius 3 is 2.42 bits per heavy atom. The molecule has 0 saturated heterocycles. The molecule has 0 saturated carbocycles. The quantitative estimate of drug-likeness (QED) is 0.529. The Morgan fingerprint density at radius 2 is 1.65 bits per heavy atom. The first-order valence-electron chi connectivity index (χ1n) is 9.57. The van der Waals surface area contributed by atoms with Crippen LogP contribution in [0.3, 0.4) is 0 Å². The van der Waals surface area contributed by atoms with Crippen LogP contribution in [-0.2, 0) is 11.2 Å². The monoisotopic (exact) mass is 344 g/mol. The minimum absolute atomic E-state index is 0.0281. The molecule has 2 aromatic carbocycles. The van der Waals surface area contributed by atoms with Crippen LogP contribution in [0.15, 0.2) is 85.7 Å². The summed E-state index contributed by atoms with van der Waals surface area (Å²) < 4.78 is 6.67. The first-order valence-corrected chi connectivity index (χ1v) is 9.57. The Hall–Kier alpha value is -2.54. The average Bonchev–Trinajstić information content (AvgIpc) is 2.77. The maximum absolute atomic E-state index is 6.67. The van der Waals surface area contributed by atoms with E-state index in [1.54, 1.807) is 0 Å². The molecule has 1 heteroatoms. The van der Waals surface area contributed by atoms with Crippen molar-refractivity contribution in [2.75, 3.05) is 0 Å². The van der Waals surface area contributed by atoms with Crippen LogP contribution in [0.4, 0.5) is 0 Å². The third kappa shape index (κ3) is 4.35. The van der Waals surface area contributed by atoms with Crippen molar-refractivity contribution in [1.29, 1.82) is 0 Å². The number of hydrogen-bond donors (Lipinski definition) is 0. The lowest BCUT2D eigenvalue weighted by Crippen LogP contribution is -2.07. The first kappa shape index (κ1) is 18.3. The predicted octanol–water partition coefficient (Wildman–Crippen LogP) is 7.03. The molecule has 26 heavy (non-hydrogen) atoms. The van der Waals surface area contributed by atoms with Gasteiger partial charge in [-0.25, -0.2) is 0 Å². The van der Waals surface area contributed by atoms with E-state index in [1.807, 2.05) is 12.2 Å². The molecule has 0 fully saturated rings. The van der Waals surface area contributed by atoms with Gasteiger partial charge >= 0.3 is 0 Å². The Balaban J connectivity index is 2.05. The van der Waals surface area contributed by atoms with E-state index in [0.29, 0.717) is 0 Å². The molecule has 0 bridgehead atoms. The molecular formula is C25H28O. The highest BCUT2D eigenvalue weighted by molar-refractivity contribution is 5.68. The molecule has 1 nitrogen and oxygen atoms in total.